The molecule has 37 heavy (non-hydrogen) atoms. The van der Waals surface area contributed by atoms with Crippen LogP contribution in [0, 0.1) is 0 Å². The summed E-state index contributed by atoms with van der Waals surface area (Å²) in [5.41, 5.74) is 3.73. The normalized spacial score (nSPS) is 17.7. The van der Waals surface area contributed by atoms with Crippen molar-refractivity contribution in [2.24, 2.45) is 0 Å². The zero-order valence-electron chi connectivity index (χ0n) is 21.7. The Morgan fingerprint density at radius 3 is 2.81 bits per heavy atom. The molecule has 0 unspecified atom stereocenters. The second-order valence-electron chi connectivity index (χ2n) is 9.57. The Morgan fingerprint density at radius 1 is 1.32 bits per heavy atom. The predicted octanol–water partition coefficient (Wildman–Crippen LogP) is 3.63. The van der Waals surface area contributed by atoms with Gasteiger partial charge < -0.3 is 29.4 Å². The summed E-state index contributed by atoms with van der Waals surface area (Å²) >= 11 is 0. The molecule has 2 N–H and O–H groups in total. The first kappa shape index (κ1) is 24.8. The average Bonchev–Trinajstić information content (AvgIpc) is 3.26. The summed E-state index contributed by atoms with van der Waals surface area (Å²) in [7, 11) is 3.48. The number of fused-ring (bicyclic) bond motifs is 5. The first-order valence-electron chi connectivity index (χ1n) is 12.6. The number of amides is 1. The summed E-state index contributed by atoms with van der Waals surface area (Å²) in [5, 5.41) is 14.0. The standard InChI is InChI=1S/C28H32N4O5/c1-6-18-19-12-17(33)8-9-23(19)30-25-20(18)14-32-24(25)13-22-21(26(32)34)15-36-16(3)28(22,7-2)37-27(35)31(5)11-10-29-4/h8-9,12-13,29,33H,3,6-7,10-11,14-15H2,1-2,4-5H3/t28-/m1/s1. The summed E-state index contributed by atoms with van der Waals surface area (Å²) in [6.45, 7) is 9.53. The van der Waals surface area contributed by atoms with Crippen LogP contribution in [0.3, 0.4) is 0 Å². The van der Waals surface area contributed by atoms with E-state index < -0.39 is 11.7 Å². The Balaban J connectivity index is 1.69. The quantitative estimate of drug-likeness (QED) is 0.413. The third-order valence-electron chi connectivity index (χ3n) is 7.54. The molecule has 0 aliphatic carbocycles. The second kappa shape index (κ2) is 9.23. The van der Waals surface area contributed by atoms with Crippen molar-refractivity contribution in [3.63, 3.8) is 0 Å². The van der Waals surface area contributed by atoms with Crippen molar-refractivity contribution in [1.82, 2.24) is 19.8 Å². The minimum atomic E-state index is -1.30. The largest absolute Gasteiger partial charge is 0.508 e. The van der Waals surface area contributed by atoms with E-state index in [2.05, 4.69) is 18.8 Å². The molecule has 1 amide bonds. The van der Waals surface area contributed by atoms with E-state index in [0.717, 1.165) is 34.1 Å². The third kappa shape index (κ3) is 3.76. The van der Waals surface area contributed by atoms with Crippen molar-refractivity contribution in [1.29, 1.82) is 0 Å². The van der Waals surface area contributed by atoms with Gasteiger partial charge in [0.05, 0.1) is 29.0 Å². The minimum Gasteiger partial charge on any atom is -0.508 e. The van der Waals surface area contributed by atoms with Crippen LogP contribution in [0.25, 0.3) is 22.3 Å². The molecule has 0 fully saturated rings. The van der Waals surface area contributed by atoms with E-state index >= 15 is 0 Å². The molecule has 2 aliphatic heterocycles. The molecule has 9 heteroatoms. The van der Waals surface area contributed by atoms with Crippen LogP contribution in [0.4, 0.5) is 4.79 Å². The number of aromatic hydroxyl groups is 1. The molecule has 194 valence electrons. The molecule has 3 aromatic rings. The van der Waals surface area contributed by atoms with Gasteiger partial charge in [-0.25, -0.2) is 9.78 Å². The maximum atomic E-state index is 13.8. The molecule has 4 heterocycles. The molecular formula is C28H32N4O5. The fraction of sp³-hybridized carbons (Fsp3) is 0.393. The van der Waals surface area contributed by atoms with E-state index in [1.165, 1.54) is 4.90 Å². The number of hydrogen-bond donors (Lipinski definition) is 2. The second-order valence-corrected chi connectivity index (χ2v) is 9.57. The first-order chi connectivity index (χ1) is 17.7. The molecule has 1 atom stereocenters. The van der Waals surface area contributed by atoms with Gasteiger partial charge >= 0.3 is 6.09 Å². The van der Waals surface area contributed by atoms with Gasteiger partial charge in [0, 0.05) is 36.7 Å². The van der Waals surface area contributed by atoms with Gasteiger partial charge in [0.1, 0.15) is 18.1 Å². The van der Waals surface area contributed by atoms with Crippen LogP contribution in [-0.2, 0) is 34.6 Å². The Labute approximate surface area is 215 Å². The number of nitrogens with one attached hydrogen (secondary N) is 1. The molecule has 0 radical (unpaired) electrons. The number of aromatic nitrogens is 2. The number of rotatable bonds is 6. The fourth-order valence-corrected chi connectivity index (χ4v) is 5.44. The maximum Gasteiger partial charge on any atom is 0.410 e. The zero-order chi connectivity index (χ0) is 26.5. The molecule has 1 aromatic carbocycles. The minimum absolute atomic E-state index is 0.0580. The number of pyridine rings is 2. The summed E-state index contributed by atoms with van der Waals surface area (Å²) in [6.07, 6.45) is 0.556. The predicted molar refractivity (Wildman–Crippen MR) is 141 cm³/mol. The number of carbonyl (C=O) groups is 1. The van der Waals surface area contributed by atoms with E-state index in [4.69, 9.17) is 14.5 Å². The van der Waals surface area contributed by atoms with E-state index in [0.29, 0.717) is 48.6 Å². The van der Waals surface area contributed by atoms with Crippen molar-refractivity contribution >= 4 is 17.0 Å². The van der Waals surface area contributed by atoms with Gasteiger partial charge in [0.25, 0.3) is 5.56 Å². The molecular weight excluding hydrogens is 472 g/mol. The molecule has 2 aromatic heterocycles. The van der Waals surface area contributed by atoms with Crippen LogP contribution >= 0.6 is 0 Å². The monoisotopic (exact) mass is 504 g/mol. The van der Waals surface area contributed by atoms with Crippen LogP contribution in [0.5, 0.6) is 5.75 Å². The first-order valence-corrected chi connectivity index (χ1v) is 12.6. The zero-order valence-corrected chi connectivity index (χ0v) is 21.7. The van der Waals surface area contributed by atoms with Gasteiger partial charge in [-0.3, -0.25) is 4.79 Å². The van der Waals surface area contributed by atoms with Crippen molar-refractivity contribution in [2.75, 3.05) is 27.2 Å². The molecule has 0 bridgehead atoms. The highest BCUT2D eigenvalue weighted by molar-refractivity contribution is 5.89. The summed E-state index contributed by atoms with van der Waals surface area (Å²) in [4.78, 5) is 33.3. The highest BCUT2D eigenvalue weighted by Gasteiger charge is 2.47. The number of nitrogens with zero attached hydrogens (tertiary/aromatic N) is 3. The van der Waals surface area contributed by atoms with Crippen molar-refractivity contribution < 1.29 is 19.4 Å². The number of hydrogen-bond acceptors (Lipinski definition) is 7. The highest BCUT2D eigenvalue weighted by Crippen LogP contribution is 2.45. The summed E-state index contributed by atoms with van der Waals surface area (Å²) < 4.78 is 13.7. The molecule has 0 spiro atoms. The van der Waals surface area contributed by atoms with E-state index in [9.17, 15) is 14.7 Å². The van der Waals surface area contributed by atoms with Gasteiger partial charge in [0.2, 0.25) is 0 Å². The number of carbonyl (C=O) groups excluding carboxylic acids is 1. The van der Waals surface area contributed by atoms with Crippen LogP contribution < -0.4 is 10.9 Å². The van der Waals surface area contributed by atoms with Crippen LogP contribution in [0.2, 0.25) is 0 Å². The van der Waals surface area contributed by atoms with E-state index in [-0.39, 0.29) is 17.9 Å². The molecule has 0 saturated carbocycles. The van der Waals surface area contributed by atoms with Gasteiger partial charge in [-0.2, -0.15) is 0 Å². The molecule has 0 saturated heterocycles. The van der Waals surface area contributed by atoms with Crippen LogP contribution in [-0.4, -0.2) is 52.8 Å². The Kier molecular flexibility index (Phi) is 6.19. The average molecular weight is 505 g/mol. The topological polar surface area (TPSA) is 106 Å². The summed E-state index contributed by atoms with van der Waals surface area (Å²) in [6, 6.07) is 7.04. The lowest BCUT2D eigenvalue weighted by Gasteiger charge is -2.39. The maximum absolute atomic E-state index is 13.8. The lowest BCUT2D eigenvalue weighted by atomic mass is 9.84. The van der Waals surface area contributed by atoms with E-state index in [1.54, 1.807) is 29.8 Å². The number of phenolic OH excluding ortho intramolecular Hbond substituents is 1. The SMILES string of the molecule is C=C1OCc2c(cc3n(c2=O)Cc2c-3nc3ccc(O)cc3c2CC)[C@]1(CC)OC(=O)N(C)CCNC. The molecule has 2 aliphatic rings. The van der Waals surface area contributed by atoms with Crippen LogP contribution in [0.1, 0.15) is 42.5 Å². The van der Waals surface area contributed by atoms with Crippen molar-refractivity contribution in [2.45, 2.75) is 45.4 Å². The molecule has 9 nitrogen and oxygen atoms in total. The number of aryl methyl sites for hydroxylation is 1. The molecule has 5 rings (SSSR count). The Bertz CT molecular complexity index is 1490. The number of likely N-dealkylation sites (N-methyl/N-ethyl adjacent to an activating group) is 2. The Morgan fingerprint density at radius 2 is 2.11 bits per heavy atom. The third-order valence-corrected chi connectivity index (χ3v) is 7.54. The number of ether oxygens (including phenoxy) is 2. The van der Waals surface area contributed by atoms with Gasteiger partial charge in [-0.1, -0.05) is 20.4 Å². The van der Waals surface area contributed by atoms with Crippen molar-refractivity contribution in [3.8, 4) is 17.1 Å². The van der Waals surface area contributed by atoms with Gasteiger partial charge in [0.15, 0.2) is 5.60 Å². The number of phenols is 1. The summed E-state index contributed by atoms with van der Waals surface area (Å²) in [5.74, 6) is 0.480. The van der Waals surface area contributed by atoms with Gasteiger partial charge in [-0.05, 0) is 49.7 Å². The lowest BCUT2D eigenvalue weighted by Crippen LogP contribution is -2.45. The fourth-order valence-electron chi connectivity index (χ4n) is 5.44. The van der Waals surface area contributed by atoms with Gasteiger partial charge in [-0.15, -0.1) is 0 Å². The Hall–Kier alpha value is -3.85. The smallest absolute Gasteiger partial charge is 0.410 e. The highest BCUT2D eigenvalue weighted by atomic mass is 16.6. The van der Waals surface area contributed by atoms with Crippen LogP contribution in [0.15, 0.2) is 41.4 Å². The number of benzene rings is 1. The van der Waals surface area contributed by atoms with E-state index in [1.807, 2.05) is 20.0 Å². The van der Waals surface area contributed by atoms with Crippen molar-refractivity contribution in [3.05, 3.63) is 69.2 Å². The lowest BCUT2D eigenvalue weighted by molar-refractivity contribution is -0.0427.